The van der Waals surface area contributed by atoms with E-state index in [2.05, 4.69) is 13.8 Å². The maximum atomic E-state index is 9.72. The van der Waals surface area contributed by atoms with Crippen LogP contribution in [0, 0.1) is 5.41 Å². The highest BCUT2D eigenvalue weighted by atomic mass is 16.5. The highest BCUT2D eigenvalue weighted by molar-refractivity contribution is 5.00. The first-order chi connectivity index (χ1) is 8.15. The number of hydrogen-bond acceptors (Lipinski definition) is 4. The third-order valence-electron chi connectivity index (χ3n) is 3.88. The van der Waals surface area contributed by atoms with E-state index in [-0.39, 0.29) is 17.6 Å². The van der Waals surface area contributed by atoms with Gasteiger partial charge in [0.2, 0.25) is 0 Å². The summed E-state index contributed by atoms with van der Waals surface area (Å²) in [5.41, 5.74) is -0.0447. The van der Waals surface area contributed by atoms with Gasteiger partial charge >= 0.3 is 0 Å². The van der Waals surface area contributed by atoms with Gasteiger partial charge in [0, 0.05) is 32.2 Å². The van der Waals surface area contributed by atoms with Crippen molar-refractivity contribution in [3.63, 3.8) is 0 Å². The van der Waals surface area contributed by atoms with E-state index >= 15 is 0 Å². The summed E-state index contributed by atoms with van der Waals surface area (Å²) >= 11 is 0. The van der Waals surface area contributed by atoms with Gasteiger partial charge in [0.25, 0.3) is 0 Å². The lowest BCUT2D eigenvalue weighted by atomic mass is 9.63. The molecule has 0 aliphatic heterocycles. The zero-order chi connectivity index (χ0) is 12.7. The second-order valence-corrected chi connectivity index (χ2v) is 4.93. The molecule has 1 N–H and O–H groups in total. The van der Waals surface area contributed by atoms with Crippen LogP contribution in [0.3, 0.4) is 0 Å². The topological polar surface area (TPSA) is 47.9 Å². The Kier molecular flexibility index (Phi) is 6.41. The smallest absolute Gasteiger partial charge is 0.0700 e. The molecule has 0 amide bonds. The van der Waals surface area contributed by atoms with E-state index in [4.69, 9.17) is 14.2 Å². The van der Waals surface area contributed by atoms with Crippen molar-refractivity contribution in [2.75, 3.05) is 33.5 Å². The third-order valence-corrected chi connectivity index (χ3v) is 3.88. The number of methoxy groups -OCH3 is 1. The monoisotopic (exact) mass is 246 g/mol. The highest BCUT2D eigenvalue weighted by Gasteiger charge is 2.50. The standard InChI is InChI=1S/C13H26O4/c1-4-13(2)11(14)10-12(13)17-7-5-6-16-9-8-15-3/h11-12,14H,4-10H2,1-3H3. The summed E-state index contributed by atoms with van der Waals surface area (Å²) in [5.74, 6) is 0. The predicted molar refractivity (Wildman–Crippen MR) is 66.1 cm³/mol. The molecule has 0 heterocycles. The fourth-order valence-corrected chi connectivity index (χ4v) is 2.15. The maximum absolute atomic E-state index is 9.72. The minimum Gasteiger partial charge on any atom is -0.392 e. The van der Waals surface area contributed by atoms with Crippen LogP contribution in [0.15, 0.2) is 0 Å². The summed E-state index contributed by atoms with van der Waals surface area (Å²) in [7, 11) is 1.67. The van der Waals surface area contributed by atoms with E-state index in [9.17, 15) is 5.11 Å². The van der Waals surface area contributed by atoms with Crippen LogP contribution in [0.1, 0.15) is 33.1 Å². The minimum atomic E-state index is -0.199. The number of aliphatic hydroxyl groups is 1. The Morgan fingerprint density at radius 2 is 2.00 bits per heavy atom. The molecule has 4 heteroatoms. The second kappa shape index (κ2) is 7.31. The van der Waals surface area contributed by atoms with Crippen LogP contribution in [0.5, 0.6) is 0 Å². The van der Waals surface area contributed by atoms with Gasteiger partial charge in [0.15, 0.2) is 0 Å². The van der Waals surface area contributed by atoms with Crippen molar-refractivity contribution >= 4 is 0 Å². The van der Waals surface area contributed by atoms with E-state index < -0.39 is 0 Å². The van der Waals surface area contributed by atoms with Gasteiger partial charge in [-0.3, -0.25) is 0 Å². The van der Waals surface area contributed by atoms with Gasteiger partial charge in [-0.05, 0) is 12.8 Å². The molecule has 0 aromatic rings. The van der Waals surface area contributed by atoms with Crippen LogP contribution in [-0.4, -0.2) is 50.9 Å². The van der Waals surface area contributed by atoms with Crippen LogP contribution < -0.4 is 0 Å². The molecule has 1 aliphatic rings. The molecular weight excluding hydrogens is 220 g/mol. The van der Waals surface area contributed by atoms with E-state index in [1.54, 1.807) is 7.11 Å². The number of aliphatic hydroxyl groups excluding tert-OH is 1. The summed E-state index contributed by atoms with van der Waals surface area (Å²) in [6.45, 7) is 6.91. The van der Waals surface area contributed by atoms with Crippen molar-refractivity contribution in [2.24, 2.45) is 5.41 Å². The lowest BCUT2D eigenvalue weighted by molar-refractivity contribution is -0.186. The Bertz CT molecular complexity index is 210. The Balaban J connectivity index is 2.00. The fourth-order valence-electron chi connectivity index (χ4n) is 2.15. The quantitative estimate of drug-likeness (QED) is 0.628. The first-order valence-electron chi connectivity index (χ1n) is 6.51. The van der Waals surface area contributed by atoms with E-state index in [1.165, 1.54) is 0 Å². The minimum absolute atomic E-state index is 0.0447. The molecule has 17 heavy (non-hydrogen) atoms. The summed E-state index contributed by atoms with van der Waals surface area (Å²) in [6, 6.07) is 0. The lowest BCUT2D eigenvalue weighted by Crippen LogP contribution is -2.56. The van der Waals surface area contributed by atoms with Gasteiger partial charge in [-0.15, -0.1) is 0 Å². The summed E-state index contributed by atoms with van der Waals surface area (Å²) in [5, 5.41) is 9.72. The molecule has 0 saturated heterocycles. The molecule has 0 radical (unpaired) electrons. The summed E-state index contributed by atoms with van der Waals surface area (Å²) in [4.78, 5) is 0. The molecule has 1 saturated carbocycles. The molecule has 4 nitrogen and oxygen atoms in total. The Labute approximate surface area is 104 Å². The molecule has 3 atom stereocenters. The van der Waals surface area contributed by atoms with E-state index in [0.29, 0.717) is 26.4 Å². The SMILES string of the molecule is CCC1(C)C(O)CC1OCCCOCCOC. The Morgan fingerprint density at radius 1 is 1.24 bits per heavy atom. The molecule has 3 unspecified atom stereocenters. The molecule has 0 aromatic carbocycles. The molecule has 0 aromatic heterocycles. The molecule has 102 valence electrons. The summed E-state index contributed by atoms with van der Waals surface area (Å²) in [6.07, 6.45) is 2.64. The number of rotatable bonds is 9. The molecule has 1 rings (SSSR count). The zero-order valence-electron chi connectivity index (χ0n) is 11.3. The van der Waals surface area contributed by atoms with Crippen molar-refractivity contribution in [1.82, 2.24) is 0 Å². The molecule has 0 bridgehead atoms. The molecule has 0 spiro atoms. The Hall–Kier alpha value is -0.160. The van der Waals surface area contributed by atoms with Crippen LogP contribution in [-0.2, 0) is 14.2 Å². The first kappa shape index (κ1) is 14.9. The van der Waals surface area contributed by atoms with Crippen LogP contribution in [0.25, 0.3) is 0 Å². The average Bonchev–Trinajstić information content (AvgIpc) is 2.35. The average molecular weight is 246 g/mol. The largest absolute Gasteiger partial charge is 0.392 e. The van der Waals surface area contributed by atoms with Gasteiger partial charge in [-0.2, -0.15) is 0 Å². The highest BCUT2D eigenvalue weighted by Crippen LogP contribution is 2.45. The predicted octanol–water partition coefficient (Wildman–Crippen LogP) is 1.61. The van der Waals surface area contributed by atoms with Crippen LogP contribution in [0.2, 0.25) is 0 Å². The lowest BCUT2D eigenvalue weighted by Gasteiger charge is -2.50. The van der Waals surface area contributed by atoms with Crippen molar-refractivity contribution in [2.45, 2.75) is 45.3 Å². The van der Waals surface area contributed by atoms with Gasteiger partial charge < -0.3 is 19.3 Å². The Morgan fingerprint density at radius 3 is 2.59 bits per heavy atom. The molecular formula is C13H26O4. The van der Waals surface area contributed by atoms with Gasteiger partial charge in [-0.25, -0.2) is 0 Å². The normalized spacial score (nSPS) is 32.5. The zero-order valence-corrected chi connectivity index (χ0v) is 11.3. The second-order valence-electron chi connectivity index (χ2n) is 4.93. The van der Waals surface area contributed by atoms with E-state index in [1.807, 2.05) is 0 Å². The van der Waals surface area contributed by atoms with Gasteiger partial charge in [0.05, 0.1) is 25.4 Å². The number of ether oxygens (including phenoxy) is 3. The van der Waals surface area contributed by atoms with Crippen molar-refractivity contribution in [1.29, 1.82) is 0 Å². The summed E-state index contributed by atoms with van der Waals surface area (Å²) < 4.78 is 16.0. The van der Waals surface area contributed by atoms with Gasteiger partial charge in [-0.1, -0.05) is 13.8 Å². The van der Waals surface area contributed by atoms with E-state index in [0.717, 1.165) is 19.3 Å². The van der Waals surface area contributed by atoms with Gasteiger partial charge in [0.1, 0.15) is 0 Å². The molecule has 1 aliphatic carbocycles. The fraction of sp³-hybridized carbons (Fsp3) is 1.00. The van der Waals surface area contributed by atoms with Crippen molar-refractivity contribution < 1.29 is 19.3 Å². The van der Waals surface area contributed by atoms with Crippen LogP contribution in [0.4, 0.5) is 0 Å². The van der Waals surface area contributed by atoms with Crippen molar-refractivity contribution in [3.05, 3.63) is 0 Å². The first-order valence-corrected chi connectivity index (χ1v) is 6.51. The maximum Gasteiger partial charge on any atom is 0.0700 e. The molecule has 1 fully saturated rings. The third kappa shape index (κ3) is 3.91. The van der Waals surface area contributed by atoms with Crippen molar-refractivity contribution in [3.8, 4) is 0 Å². The van der Waals surface area contributed by atoms with Crippen LogP contribution >= 0.6 is 0 Å². The number of hydrogen-bond donors (Lipinski definition) is 1.